The first-order valence-corrected chi connectivity index (χ1v) is 10.7. The minimum absolute atomic E-state index is 0.0949. The molecule has 1 aliphatic heterocycles. The van der Waals surface area contributed by atoms with Crippen molar-refractivity contribution in [1.82, 2.24) is 4.90 Å². The summed E-state index contributed by atoms with van der Waals surface area (Å²) >= 11 is 1.51. The number of thioether (sulfide) groups is 1. The van der Waals surface area contributed by atoms with Crippen LogP contribution in [0, 0.1) is 0 Å². The van der Waals surface area contributed by atoms with Gasteiger partial charge in [-0.15, -0.1) is 5.10 Å². The van der Waals surface area contributed by atoms with E-state index in [1.54, 1.807) is 23.4 Å². The van der Waals surface area contributed by atoms with E-state index in [0.717, 1.165) is 30.2 Å². The topological polar surface area (TPSA) is 58.2 Å². The lowest BCUT2D eigenvalue weighted by Gasteiger charge is -2.17. The minimum Gasteiger partial charge on any atom is -0.463 e. The van der Waals surface area contributed by atoms with Crippen molar-refractivity contribution in [3.63, 3.8) is 0 Å². The molecule has 1 aliphatic rings. The predicted octanol–water partition coefficient (Wildman–Crippen LogP) is 5.46. The van der Waals surface area contributed by atoms with Crippen molar-refractivity contribution in [1.29, 1.82) is 0 Å². The molecule has 148 valence electrons. The fraction of sp³-hybridized carbons (Fsp3) is 0.261. The quantitative estimate of drug-likeness (QED) is 0.387. The molecular weight excluding hydrogens is 382 g/mol. The van der Waals surface area contributed by atoms with Gasteiger partial charge in [0.2, 0.25) is 5.91 Å². The third-order valence-corrected chi connectivity index (χ3v) is 6.15. The lowest BCUT2D eigenvalue weighted by molar-refractivity contribution is -0.126. The molecule has 2 heterocycles. The van der Waals surface area contributed by atoms with Crippen LogP contribution in [0.25, 0.3) is 10.8 Å². The molecule has 4 rings (SSSR count). The first kappa shape index (κ1) is 19.5. The summed E-state index contributed by atoms with van der Waals surface area (Å²) in [5.41, 5.74) is 1.11. The Bertz CT molecular complexity index is 1040. The van der Waals surface area contributed by atoms with Crippen molar-refractivity contribution in [3.05, 3.63) is 72.2 Å². The zero-order valence-corrected chi connectivity index (χ0v) is 17.1. The molecule has 0 N–H and O–H groups in total. The van der Waals surface area contributed by atoms with Gasteiger partial charge in [-0.3, -0.25) is 9.69 Å². The van der Waals surface area contributed by atoms with Gasteiger partial charge in [0, 0.05) is 0 Å². The van der Waals surface area contributed by atoms with Gasteiger partial charge in [0.15, 0.2) is 5.17 Å². The number of unbranched alkanes of at least 4 members (excludes halogenated alkanes) is 1. The number of fused-ring (bicyclic) bond motifs is 1. The smallest absolute Gasteiger partial charge is 0.242 e. The molecule has 0 aliphatic carbocycles. The second-order valence-corrected chi connectivity index (χ2v) is 8.12. The summed E-state index contributed by atoms with van der Waals surface area (Å²) in [7, 11) is 0. The lowest BCUT2D eigenvalue weighted by atomic mass is 10.0. The van der Waals surface area contributed by atoms with Crippen molar-refractivity contribution in [2.24, 2.45) is 10.2 Å². The SMILES string of the molecule is CCCCC1S/C(=N/N=C/c2ccco2)N(Cc2cccc3ccccc23)C1=O. The van der Waals surface area contributed by atoms with E-state index in [1.807, 2.05) is 24.3 Å². The van der Waals surface area contributed by atoms with E-state index in [9.17, 15) is 4.79 Å². The first-order chi connectivity index (χ1) is 14.3. The molecule has 0 bridgehead atoms. The highest BCUT2D eigenvalue weighted by atomic mass is 32.2. The standard InChI is InChI=1S/C23H23N3O2S/c1-2-3-13-21-22(27)26(23(29-21)25-24-15-19-11-7-14-28-19)16-18-10-6-9-17-8-4-5-12-20(17)18/h4-12,14-15,21H,2-3,13,16H2,1H3/b24-15+,25-23+. The first-order valence-electron chi connectivity index (χ1n) is 9.85. The van der Waals surface area contributed by atoms with Crippen LogP contribution in [0.2, 0.25) is 0 Å². The molecule has 1 saturated heterocycles. The Morgan fingerprint density at radius 2 is 2.00 bits per heavy atom. The molecule has 3 aromatic rings. The second kappa shape index (κ2) is 9.09. The number of nitrogens with zero attached hydrogens (tertiary/aromatic N) is 3. The number of amides is 1. The van der Waals surface area contributed by atoms with E-state index in [1.165, 1.54) is 17.1 Å². The predicted molar refractivity (Wildman–Crippen MR) is 119 cm³/mol. The fourth-order valence-corrected chi connectivity index (χ4v) is 4.55. The van der Waals surface area contributed by atoms with Crippen molar-refractivity contribution < 1.29 is 9.21 Å². The Hall–Kier alpha value is -2.86. The Morgan fingerprint density at radius 3 is 2.83 bits per heavy atom. The largest absolute Gasteiger partial charge is 0.463 e. The van der Waals surface area contributed by atoms with Crippen LogP contribution in [0.15, 0.2) is 75.5 Å². The molecule has 0 radical (unpaired) electrons. The molecule has 0 saturated carbocycles. The number of hydrogen-bond donors (Lipinski definition) is 0. The van der Waals surface area contributed by atoms with Crippen molar-refractivity contribution >= 4 is 39.8 Å². The minimum atomic E-state index is -0.0949. The van der Waals surface area contributed by atoms with Crippen LogP contribution in [0.1, 0.15) is 37.5 Å². The molecule has 1 fully saturated rings. The highest BCUT2D eigenvalue weighted by Crippen LogP contribution is 2.33. The van der Waals surface area contributed by atoms with Gasteiger partial charge >= 0.3 is 0 Å². The van der Waals surface area contributed by atoms with E-state index >= 15 is 0 Å². The Morgan fingerprint density at radius 1 is 1.14 bits per heavy atom. The van der Waals surface area contributed by atoms with Crippen molar-refractivity contribution in [3.8, 4) is 0 Å². The molecule has 1 unspecified atom stereocenters. The summed E-state index contributed by atoms with van der Waals surface area (Å²) in [6, 6.07) is 18.1. The van der Waals surface area contributed by atoms with Gasteiger partial charge in [0.1, 0.15) is 5.76 Å². The zero-order chi connectivity index (χ0) is 20.1. The Kier molecular flexibility index (Phi) is 6.10. The maximum Gasteiger partial charge on any atom is 0.242 e. The van der Waals surface area contributed by atoms with Gasteiger partial charge in [-0.2, -0.15) is 5.10 Å². The monoisotopic (exact) mass is 405 g/mol. The van der Waals surface area contributed by atoms with Crippen molar-refractivity contribution in [2.75, 3.05) is 0 Å². The molecule has 2 aromatic carbocycles. The molecule has 5 nitrogen and oxygen atoms in total. The highest BCUT2D eigenvalue weighted by Gasteiger charge is 2.37. The van der Waals surface area contributed by atoms with Crippen LogP contribution in [0.5, 0.6) is 0 Å². The number of furan rings is 1. The molecule has 1 amide bonds. The van der Waals surface area contributed by atoms with Crippen LogP contribution in [0.4, 0.5) is 0 Å². The number of carbonyl (C=O) groups excluding carboxylic acids is 1. The molecule has 29 heavy (non-hydrogen) atoms. The summed E-state index contributed by atoms with van der Waals surface area (Å²) in [6.45, 7) is 2.63. The van der Waals surface area contributed by atoms with E-state index in [4.69, 9.17) is 4.42 Å². The van der Waals surface area contributed by atoms with Gasteiger partial charge in [0.25, 0.3) is 0 Å². The lowest BCUT2D eigenvalue weighted by Crippen LogP contribution is -2.31. The molecule has 0 spiro atoms. The molecular formula is C23H23N3O2S. The van der Waals surface area contributed by atoms with Crippen LogP contribution >= 0.6 is 11.8 Å². The summed E-state index contributed by atoms with van der Waals surface area (Å²) in [4.78, 5) is 14.9. The van der Waals surface area contributed by atoms with Crippen LogP contribution in [0.3, 0.4) is 0 Å². The van der Waals surface area contributed by atoms with Gasteiger partial charge < -0.3 is 4.42 Å². The Balaban J connectivity index is 1.62. The third kappa shape index (κ3) is 4.43. The maximum atomic E-state index is 13.1. The van der Waals surface area contributed by atoms with Crippen molar-refractivity contribution in [2.45, 2.75) is 38.0 Å². The molecule has 1 atom stereocenters. The van der Waals surface area contributed by atoms with Gasteiger partial charge in [-0.05, 0) is 34.9 Å². The summed E-state index contributed by atoms with van der Waals surface area (Å²) in [5, 5.41) is 11.4. The highest BCUT2D eigenvalue weighted by molar-refractivity contribution is 8.15. The normalized spacial score (nSPS) is 18.5. The summed E-state index contributed by atoms with van der Waals surface area (Å²) in [6.07, 6.45) is 6.10. The van der Waals surface area contributed by atoms with Crippen LogP contribution in [-0.2, 0) is 11.3 Å². The number of carbonyl (C=O) groups is 1. The molecule has 6 heteroatoms. The number of hydrogen-bond acceptors (Lipinski definition) is 5. The Labute approximate surface area is 174 Å². The summed E-state index contributed by atoms with van der Waals surface area (Å²) < 4.78 is 5.26. The second-order valence-electron chi connectivity index (χ2n) is 6.95. The van der Waals surface area contributed by atoms with E-state index < -0.39 is 0 Å². The average molecular weight is 406 g/mol. The molecule has 1 aromatic heterocycles. The van der Waals surface area contributed by atoms with Crippen LogP contribution < -0.4 is 0 Å². The number of benzene rings is 2. The summed E-state index contributed by atoms with van der Waals surface area (Å²) in [5.74, 6) is 0.746. The number of rotatable bonds is 7. The van der Waals surface area contributed by atoms with Gasteiger partial charge in [-0.1, -0.05) is 74.0 Å². The van der Waals surface area contributed by atoms with Gasteiger partial charge in [-0.25, -0.2) is 0 Å². The average Bonchev–Trinajstić information content (AvgIpc) is 3.36. The maximum absolute atomic E-state index is 13.1. The third-order valence-electron chi connectivity index (χ3n) is 4.92. The van der Waals surface area contributed by atoms with E-state index in [-0.39, 0.29) is 11.2 Å². The van der Waals surface area contributed by atoms with E-state index in [0.29, 0.717) is 17.5 Å². The number of amidine groups is 1. The zero-order valence-electron chi connectivity index (χ0n) is 16.3. The van der Waals surface area contributed by atoms with E-state index in [2.05, 4.69) is 41.4 Å². The van der Waals surface area contributed by atoms with Crippen LogP contribution in [-0.4, -0.2) is 27.4 Å². The fourth-order valence-electron chi connectivity index (χ4n) is 3.40. The van der Waals surface area contributed by atoms with Gasteiger partial charge in [0.05, 0.1) is 24.3 Å².